The summed E-state index contributed by atoms with van der Waals surface area (Å²) in [5, 5.41) is 3.30. The summed E-state index contributed by atoms with van der Waals surface area (Å²) in [4.78, 5) is 0. The van der Waals surface area contributed by atoms with Crippen LogP contribution in [0.15, 0.2) is 18.2 Å². The SMILES string of the molecule is CNC1CC2(CCCCC2OC)Oc2ccc(F)cc21. The largest absolute Gasteiger partial charge is 0.484 e. The van der Waals surface area contributed by atoms with Crippen LogP contribution in [0.25, 0.3) is 0 Å². The van der Waals surface area contributed by atoms with Gasteiger partial charge in [-0.05, 0) is 44.5 Å². The molecule has 3 atom stereocenters. The number of nitrogens with one attached hydrogen (secondary N) is 1. The molecule has 1 aliphatic carbocycles. The van der Waals surface area contributed by atoms with Gasteiger partial charge in [0.05, 0.1) is 6.10 Å². The number of ether oxygens (including phenoxy) is 2. The second kappa shape index (κ2) is 5.34. The average Bonchev–Trinajstić information content (AvgIpc) is 2.47. The highest BCUT2D eigenvalue weighted by Crippen LogP contribution is 2.47. The van der Waals surface area contributed by atoms with Gasteiger partial charge in [0.1, 0.15) is 17.2 Å². The summed E-state index contributed by atoms with van der Waals surface area (Å²) in [6.07, 6.45) is 5.32. The maximum absolute atomic E-state index is 13.5. The van der Waals surface area contributed by atoms with E-state index < -0.39 is 0 Å². The van der Waals surface area contributed by atoms with Crippen LogP contribution in [0.2, 0.25) is 0 Å². The van der Waals surface area contributed by atoms with Crippen LogP contribution in [0.5, 0.6) is 5.75 Å². The van der Waals surface area contributed by atoms with Gasteiger partial charge in [-0.1, -0.05) is 6.42 Å². The highest BCUT2D eigenvalue weighted by atomic mass is 19.1. The Morgan fingerprint density at radius 2 is 2.25 bits per heavy atom. The lowest BCUT2D eigenvalue weighted by Crippen LogP contribution is -2.54. The molecule has 0 amide bonds. The molecule has 110 valence electrons. The predicted octanol–water partition coefficient (Wildman–Crippen LogP) is 3.20. The first-order chi connectivity index (χ1) is 9.68. The zero-order valence-electron chi connectivity index (χ0n) is 12.1. The molecule has 1 N–H and O–H groups in total. The molecule has 0 bridgehead atoms. The van der Waals surface area contributed by atoms with Gasteiger partial charge >= 0.3 is 0 Å². The molecule has 0 radical (unpaired) electrons. The summed E-state index contributed by atoms with van der Waals surface area (Å²) in [6.45, 7) is 0. The maximum atomic E-state index is 13.5. The predicted molar refractivity (Wildman–Crippen MR) is 75.4 cm³/mol. The maximum Gasteiger partial charge on any atom is 0.137 e. The van der Waals surface area contributed by atoms with Crippen molar-refractivity contribution in [3.8, 4) is 5.75 Å². The molecular weight excluding hydrogens is 257 g/mol. The first-order valence-electron chi connectivity index (χ1n) is 7.37. The molecule has 1 aliphatic heterocycles. The number of methoxy groups -OCH3 is 1. The third-order valence-electron chi connectivity index (χ3n) is 4.75. The molecule has 3 nitrogen and oxygen atoms in total. The summed E-state index contributed by atoms with van der Waals surface area (Å²) in [5.74, 6) is 0.580. The smallest absolute Gasteiger partial charge is 0.137 e. The highest BCUT2D eigenvalue weighted by molar-refractivity contribution is 5.40. The molecule has 20 heavy (non-hydrogen) atoms. The first kappa shape index (κ1) is 13.8. The molecule has 1 heterocycles. The summed E-state index contributed by atoms with van der Waals surface area (Å²) in [6, 6.07) is 4.91. The first-order valence-corrected chi connectivity index (χ1v) is 7.37. The zero-order chi connectivity index (χ0) is 14.2. The van der Waals surface area contributed by atoms with Gasteiger partial charge in [-0.2, -0.15) is 0 Å². The lowest BCUT2D eigenvalue weighted by Gasteiger charge is -2.48. The van der Waals surface area contributed by atoms with Crippen LogP contribution in [0.4, 0.5) is 4.39 Å². The molecule has 1 fully saturated rings. The molecule has 0 aromatic heterocycles. The van der Waals surface area contributed by atoms with E-state index in [1.54, 1.807) is 19.2 Å². The minimum absolute atomic E-state index is 0.116. The van der Waals surface area contributed by atoms with Gasteiger partial charge in [0.15, 0.2) is 0 Å². The van der Waals surface area contributed by atoms with E-state index in [4.69, 9.17) is 9.47 Å². The van der Waals surface area contributed by atoms with Gasteiger partial charge in [-0.15, -0.1) is 0 Å². The van der Waals surface area contributed by atoms with Crippen molar-refractivity contribution in [2.75, 3.05) is 14.2 Å². The lowest BCUT2D eigenvalue weighted by molar-refractivity contribution is -0.115. The number of fused-ring (bicyclic) bond motifs is 1. The van der Waals surface area contributed by atoms with E-state index in [9.17, 15) is 4.39 Å². The van der Waals surface area contributed by atoms with Crippen molar-refractivity contribution < 1.29 is 13.9 Å². The number of benzene rings is 1. The lowest BCUT2D eigenvalue weighted by atomic mass is 9.75. The number of halogens is 1. The molecule has 0 saturated heterocycles. The minimum Gasteiger partial charge on any atom is -0.484 e. The van der Waals surface area contributed by atoms with Crippen molar-refractivity contribution >= 4 is 0 Å². The second-order valence-corrected chi connectivity index (χ2v) is 5.86. The van der Waals surface area contributed by atoms with Gasteiger partial charge in [0.25, 0.3) is 0 Å². The summed E-state index contributed by atoms with van der Waals surface area (Å²) < 4.78 is 25.5. The van der Waals surface area contributed by atoms with Crippen LogP contribution in [-0.4, -0.2) is 25.9 Å². The third-order valence-corrected chi connectivity index (χ3v) is 4.75. The molecule has 3 rings (SSSR count). The number of hydrogen-bond acceptors (Lipinski definition) is 3. The van der Waals surface area contributed by atoms with Crippen molar-refractivity contribution in [2.45, 2.75) is 49.9 Å². The van der Waals surface area contributed by atoms with E-state index >= 15 is 0 Å². The molecule has 1 aromatic rings. The Kier molecular flexibility index (Phi) is 3.69. The highest BCUT2D eigenvalue weighted by Gasteiger charge is 2.48. The van der Waals surface area contributed by atoms with E-state index in [1.165, 1.54) is 12.5 Å². The van der Waals surface area contributed by atoms with Gasteiger partial charge in [-0.25, -0.2) is 4.39 Å². The van der Waals surface area contributed by atoms with Gasteiger partial charge < -0.3 is 14.8 Å². The Morgan fingerprint density at radius 1 is 1.40 bits per heavy atom. The van der Waals surface area contributed by atoms with Crippen molar-refractivity contribution in [3.63, 3.8) is 0 Å². The minimum atomic E-state index is -0.272. The Bertz CT molecular complexity index is 493. The van der Waals surface area contributed by atoms with Crippen LogP contribution in [0, 0.1) is 5.82 Å². The number of rotatable bonds is 2. The van der Waals surface area contributed by atoms with Crippen LogP contribution in [0.3, 0.4) is 0 Å². The monoisotopic (exact) mass is 279 g/mol. The average molecular weight is 279 g/mol. The van der Waals surface area contributed by atoms with E-state index in [-0.39, 0.29) is 23.6 Å². The Balaban J connectivity index is 1.99. The Hall–Kier alpha value is -1.13. The quantitative estimate of drug-likeness (QED) is 0.902. The van der Waals surface area contributed by atoms with Crippen LogP contribution < -0.4 is 10.1 Å². The van der Waals surface area contributed by atoms with Crippen molar-refractivity contribution in [2.24, 2.45) is 0 Å². The summed E-state index contributed by atoms with van der Waals surface area (Å²) in [7, 11) is 3.68. The summed E-state index contributed by atoms with van der Waals surface area (Å²) in [5.41, 5.74) is 0.643. The zero-order valence-corrected chi connectivity index (χ0v) is 12.1. The Morgan fingerprint density at radius 3 is 3.00 bits per heavy atom. The molecular formula is C16H22FNO2. The third kappa shape index (κ3) is 2.21. The van der Waals surface area contributed by atoms with E-state index in [2.05, 4.69) is 5.32 Å². The molecule has 3 unspecified atom stereocenters. The van der Waals surface area contributed by atoms with Crippen LogP contribution >= 0.6 is 0 Å². The fraction of sp³-hybridized carbons (Fsp3) is 0.625. The standard InChI is InChI=1S/C16H22FNO2/c1-18-13-10-16(8-4-3-5-15(16)19-2)20-14-7-6-11(17)9-12(13)14/h6-7,9,13,15,18H,3-5,8,10H2,1-2H3. The van der Waals surface area contributed by atoms with E-state index in [0.717, 1.165) is 37.0 Å². The molecule has 2 aliphatic rings. The second-order valence-electron chi connectivity index (χ2n) is 5.86. The fourth-order valence-electron chi connectivity index (χ4n) is 3.72. The van der Waals surface area contributed by atoms with Crippen LogP contribution in [0.1, 0.15) is 43.7 Å². The van der Waals surface area contributed by atoms with Crippen molar-refractivity contribution in [1.82, 2.24) is 5.32 Å². The van der Waals surface area contributed by atoms with Gasteiger partial charge in [-0.3, -0.25) is 0 Å². The summed E-state index contributed by atoms with van der Waals surface area (Å²) >= 11 is 0. The molecule has 1 spiro atoms. The van der Waals surface area contributed by atoms with Gasteiger partial charge in [0.2, 0.25) is 0 Å². The topological polar surface area (TPSA) is 30.5 Å². The molecule has 4 heteroatoms. The fourth-order valence-corrected chi connectivity index (χ4v) is 3.72. The molecule has 1 aromatic carbocycles. The van der Waals surface area contributed by atoms with Crippen molar-refractivity contribution in [1.29, 1.82) is 0 Å². The Labute approximate surface area is 119 Å². The molecule has 1 saturated carbocycles. The van der Waals surface area contributed by atoms with Crippen LogP contribution in [-0.2, 0) is 4.74 Å². The van der Waals surface area contributed by atoms with E-state index in [1.807, 2.05) is 7.05 Å². The normalized spacial score (nSPS) is 32.8. The van der Waals surface area contributed by atoms with Gasteiger partial charge in [0, 0.05) is 25.1 Å². The number of hydrogen-bond donors (Lipinski definition) is 1. The van der Waals surface area contributed by atoms with Crippen molar-refractivity contribution in [3.05, 3.63) is 29.6 Å². The van der Waals surface area contributed by atoms with E-state index in [0.29, 0.717) is 0 Å².